The zero-order chi connectivity index (χ0) is 26.6. The second-order valence-electron chi connectivity index (χ2n) is 6.82. The van der Waals surface area contributed by atoms with Gasteiger partial charge in [0.05, 0.1) is 19.8 Å². The van der Waals surface area contributed by atoms with E-state index in [2.05, 4.69) is 16.1 Å². The van der Waals surface area contributed by atoms with Crippen LogP contribution in [0.1, 0.15) is 19.3 Å². The number of rotatable bonds is 11. The first-order valence-corrected chi connectivity index (χ1v) is 10.6. The van der Waals surface area contributed by atoms with Gasteiger partial charge in [-0.3, -0.25) is 9.35 Å². The van der Waals surface area contributed by atoms with Gasteiger partial charge in [-0.05, 0) is 12.8 Å². The number of nitrogens with zero attached hydrogens (tertiary/aromatic N) is 1. The van der Waals surface area contributed by atoms with Crippen molar-refractivity contribution in [2.75, 3.05) is 32.9 Å². The van der Waals surface area contributed by atoms with Gasteiger partial charge in [0.15, 0.2) is 0 Å². The third-order valence-corrected chi connectivity index (χ3v) is 5.30. The molecular formula is C16H19F8NO8S. The van der Waals surface area contributed by atoms with Crippen molar-refractivity contribution in [3.8, 4) is 0 Å². The molecule has 1 saturated heterocycles. The minimum atomic E-state index is -6.52. The molecule has 1 aliphatic rings. The predicted molar refractivity (Wildman–Crippen MR) is 93.8 cm³/mol. The van der Waals surface area contributed by atoms with E-state index in [0.29, 0.717) is 4.90 Å². The SMILES string of the molecule is C=C(F)C(=O)OC(OCCCCC(F)(F)C(F)(F)S(=O)(=O)O)(C(=O)N1CCOCC1)C(F)(F)F. The maximum absolute atomic E-state index is 13.8. The first kappa shape index (κ1) is 30.0. The first-order valence-electron chi connectivity index (χ1n) is 9.18. The van der Waals surface area contributed by atoms with Crippen LogP contribution in [0.5, 0.6) is 0 Å². The van der Waals surface area contributed by atoms with Gasteiger partial charge in [-0.25, -0.2) is 4.79 Å². The average molecular weight is 537 g/mol. The van der Waals surface area contributed by atoms with Crippen molar-refractivity contribution in [1.82, 2.24) is 4.90 Å². The molecule has 0 radical (unpaired) electrons. The lowest BCUT2D eigenvalue weighted by Gasteiger charge is -2.38. The molecule has 198 valence electrons. The van der Waals surface area contributed by atoms with Crippen LogP contribution in [0.4, 0.5) is 35.1 Å². The van der Waals surface area contributed by atoms with E-state index in [1.807, 2.05) is 0 Å². The topological polar surface area (TPSA) is 119 Å². The Morgan fingerprint density at radius 2 is 1.56 bits per heavy atom. The van der Waals surface area contributed by atoms with Crippen LogP contribution in [0, 0.1) is 0 Å². The highest BCUT2D eigenvalue weighted by Crippen LogP contribution is 2.42. The molecule has 1 amide bonds. The highest BCUT2D eigenvalue weighted by Gasteiger charge is 2.68. The molecule has 1 fully saturated rings. The smallest absolute Gasteiger partial charge is 0.410 e. The van der Waals surface area contributed by atoms with Crippen molar-refractivity contribution < 1.29 is 71.9 Å². The Morgan fingerprint density at radius 1 is 1.03 bits per heavy atom. The fourth-order valence-corrected chi connectivity index (χ4v) is 3.03. The first-order chi connectivity index (χ1) is 15.3. The minimum Gasteiger partial charge on any atom is -0.410 e. The van der Waals surface area contributed by atoms with Crippen molar-refractivity contribution in [2.24, 2.45) is 0 Å². The quantitative estimate of drug-likeness (QED) is 0.107. The number of amides is 1. The van der Waals surface area contributed by atoms with E-state index in [9.17, 15) is 53.1 Å². The van der Waals surface area contributed by atoms with Gasteiger partial charge in [-0.2, -0.15) is 43.5 Å². The monoisotopic (exact) mass is 537 g/mol. The Labute approximate surface area is 187 Å². The van der Waals surface area contributed by atoms with Gasteiger partial charge in [-0.15, -0.1) is 0 Å². The summed E-state index contributed by atoms with van der Waals surface area (Å²) in [6.07, 6.45) is -9.77. The van der Waals surface area contributed by atoms with E-state index >= 15 is 0 Å². The van der Waals surface area contributed by atoms with Crippen LogP contribution in [0.2, 0.25) is 0 Å². The number of carbonyl (C=O) groups is 2. The molecule has 34 heavy (non-hydrogen) atoms. The van der Waals surface area contributed by atoms with Crippen LogP contribution >= 0.6 is 0 Å². The van der Waals surface area contributed by atoms with Gasteiger partial charge in [0.2, 0.25) is 5.83 Å². The fourth-order valence-electron chi connectivity index (χ4n) is 2.56. The standard InChI is InChI=1S/C16H19F8NO8S/c1-10(17)11(26)33-14(15(20,21)22,12(27)25-5-8-31-9-6-25)32-7-3-2-4-13(18,19)16(23,24)34(28,29)30/h1-9H2,(H,28,29,30). The molecule has 1 rings (SSSR count). The third-order valence-electron chi connectivity index (χ3n) is 4.35. The Bertz CT molecular complexity index is 873. The maximum atomic E-state index is 13.8. The molecular weight excluding hydrogens is 518 g/mol. The van der Waals surface area contributed by atoms with E-state index < -0.39 is 89.9 Å². The zero-order valence-electron chi connectivity index (χ0n) is 17.0. The predicted octanol–water partition coefficient (Wildman–Crippen LogP) is 2.43. The molecule has 18 heteroatoms. The van der Waals surface area contributed by atoms with Gasteiger partial charge in [-0.1, -0.05) is 6.58 Å². The Kier molecular flexibility index (Phi) is 9.43. The summed E-state index contributed by atoms with van der Waals surface area (Å²) in [7, 11) is -6.52. The van der Waals surface area contributed by atoms with Crippen LogP contribution < -0.4 is 0 Å². The maximum Gasteiger partial charge on any atom is 0.466 e. The highest BCUT2D eigenvalue weighted by molar-refractivity contribution is 7.87. The third kappa shape index (κ3) is 6.54. The lowest BCUT2D eigenvalue weighted by Crippen LogP contribution is -2.63. The second kappa shape index (κ2) is 10.7. The number of ether oxygens (including phenoxy) is 3. The Hall–Kier alpha value is -2.05. The summed E-state index contributed by atoms with van der Waals surface area (Å²) in [4.78, 5) is 24.6. The summed E-state index contributed by atoms with van der Waals surface area (Å²) in [5.74, 6) is -16.1. The van der Waals surface area contributed by atoms with Crippen molar-refractivity contribution in [1.29, 1.82) is 0 Å². The van der Waals surface area contributed by atoms with Crippen molar-refractivity contribution in [2.45, 2.75) is 42.4 Å². The van der Waals surface area contributed by atoms with Crippen LogP contribution in [0.15, 0.2) is 12.4 Å². The van der Waals surface area contributed by atoms with Crippen LogP contribution in [0.3, 0.4) is 0 Å². The van der Waals surface area contributed by atoms with Crippen LogP contribution in [-0.2, 0) is 33.9 Å². The number of halogens is 8. The lowest BCUT2D eigenvalue weighted by molar-refractivity contribution is -0.351. The summed E-state index contributed by atoms with van der Waals surface area (Å²) >= 11 is 0. The highest BCUT2D eigenvalue weighted by atomic mass is 32.2. The minimum absolute atomic E-state index is 0.208. The molecule has 0 aromatic heterocycles. The normalized spacial score (nSPS) is 17.7. The summed E-state index contributed by atoms with van der Waals surface area (Å²) in [5.41, 5.74) is 0. The van der Waals surface area contributed by atoms with E-state index in [4.69, 9.17) is 9.29 Å². The van der Waals surface area contributed by atoms with Gasteiger partial charge in [0, 0.05) is 19.5 Å². The molecule has 1 unspecified atom stereocenters. The van der Waals surface area contributed by atoms with Gasteiger partial charge >= 0.3 is 45.1 Å². The van der Waals surface area contributed by atoms with Crippen molar-refractivity contribution >= 4 is 22.0 Å². The second-order valence-corrected chi connectivity index (χ2v) is 8.28. The van der Waals surface area contributed by atoms with Crippen LogP contribution in [0.25, 0.3) is 0 Å². The molecule has 1 heterocycles. The van der Waals surface area contributed by atoms with Gasteiger partial charge in [0.25, 0.3) is 0 Å². The molecule has 0 aliphatic carbocycles. The number of carbonyl (C=O) groups excluding carboxylic acids is 2. The van der Waals surface area contributed by atoms with E-state index in [1.54, 1.807) is 0 Å². The van der Waals surface area contributed by atoms with E-state index in [-0.39, 0.29) is 13.2 Å². The number of unbranched alkanes of at least 4 members (excludes halogenated alkanes) is 1. The van der Waals surface area contributed by atoms with Gasteiger partial charge < -0.3 is 19.1 Å². The zero-order valence-corrected chi connectivity index (χ0v) is 17.9. The lowest BCUT2D eigenvalue weighted by atomic mass is 10.1. The summed E-state index contributed by atoms with van der Waals surface area (Å²) in [6, 6.07) is 0. The van der Waals surface area contributed by atoms with Gasteiger partial charge in [0.1, 0.15) is 0 Å². The Balaban J connectivity index is 3.05. The molecule has 9 nitrogen and oxygen atoms in total. The number of hydrogen-bond acceptors (Lipinski definition) is 7. The fraction of sp³-hybridized carbons (Fsp3) is 0.750. The number of alkyl halides is 7. The molecule has 0 aromatic carbocycles. The van der Waals surface area contributed by atoms with E-state index in [1.165, 1.54) is 0 Å². The summed E-state index contributed by atoms with van der Waals surface area (Å²) in [6.45, 7) is -0.110. The number of esters is 1. The van der Waals surface area contributed by atoms with Crippen molar-refractivity contribution in [3.63, 3.8) is 0 Å². The molecule has 1 atom stereocenters. The molecule has 0 bridgehead atoms. The number of hydrogen-bond donors (Lipinski definition) is 1. The molecule has 0 aromatic rings. The molecule has 1 N–H and O–H groups in total. The molecule has 0 spiro atoms. The summed E-state index contributed by atoms with van der Waals surface area (Å²) in [5, 5.41) is -5.89. The van der Waals surface area contributed by atoms with Crippen LogP contribution in [-0.4, -0.2) is 85.8 Å². The van der Waals surface area contributed by atoms with E-state index in [0.717, 1.165) is 0 Å². The molecule has 1 aliphatic heterocycles. The summed E-state index contributed by atoms with van der Waals surface area (Å²) < 4.78 is 150. The number of morpholine rings is 1. The average Bonchev–Trinajstić information content (AvgIpc) is 2.70. The largest absolute Gasteiger partial charge is 0.466 e. The van der Waals surface area contributed by atoms with Crippen molar-refractivity contribution in [3.05, 3.63) is 12.4 Å². The Morgan fingerprint density at radius 3 is 2.00 bits per heavy atom. The molecule has 0 saturated carbocycles.